The molecule has 2 heteroatoms. The summed E-state index contributed by atoms with van der Waals surface area (Å²) in [7, 11) is 0. The quantitative estimate of drug-likeness (QED) is 0.694. The van der Waals surface area contributed by atoms with Gasteiger partial charge in [0.05, 0.1) is 0 Å². The molecule has 0 bridgehead atoms. The maximum absolute atomic E-state index is 4.09. The molecule has 1 aliphatic rings. The topological polar surface area (TPSA) is 28.7 Å². The Morgan fingerprint density at radius 2 is 1.74 bits per heavy atom. The van der Waals surface area contributed by atoms with Gasteiger partial charge in [0.15, 0.2) is 0 Å². The van der Waals surface area contributed by atoms with Gasteiger partial charge in [-0.2, -0.15) is 0 Å². The van der Waals surface area contributed by atoms with E-state index < -0.39 is 0 Å². The lowest BCUT2D eigenvalue weighted by atomic mass is 9.87. The van der Waals surface area contributed by atoms with Crippen molar-refractivity contribution in [1.82, 2.24) is 9.97 Å². The van der Waals surface area contributed by atoms with Crippen molar-refractivity contribution in [3.63, 3.8) is 0 Å². The van der Waals surface area contributed by atoms with Crippen LogP contribution in [0.4, 0.5) is 0 Å². The summed E-state index contributed by atoms with van der Waals surface area (Å²) in [4.78, 5) is 7.55. The van der Waals surface area contributed by atoms with Crippen LogP contribution in [0.1, 0.15) is 11.1 Å². The Hall–Kier alpha value is -2.35. The summed E-state index contributed by atoms with van der Waals surface area (Å²) < 4.78 is 0. The number of H-pyrrole nitrogens is 1. The molecule has 0 atom stereocenters. The van der Waals surface area contributed by atoms with E-state index in [1.165, 1.54) is 33.5 Å². The van der Waals surface area contributed by atoms with Gasteiger partial charge in [0.1, 0.15) is 0 Å². The molecule has 0 amide bonds. The standard InChI is InChI=1S/C17H14N2/c1-2-4-14-12(3-1)5-6-15-16(11-19-17(14)15)13-7-9-18-10-8-13/h1-4,7-11,19H,5-6H2. The first-order valence-electron chi connectivity index (χ1n) is 6.62. The van der Waals surface area contributed by atoms with Gasteiger partial charge >= 0.3 is 0 Å². The molecular formula is C17H14N2. The molecule has 0 saturated heterocycles. The summed E-state index contributed by atoms with van der Waals surface area (Å²) in [6, 6.07) is 12.8. The molecule has 0 spiro atoms. The number of aromatic nitrogens is 2. The average Bonchev–Trinajstić information content (AvgIpc) is 2.92. The zero-order chi connectivity index (χ0) is 12.7. The molecule has 19 heavy (non-hydrogen) atoms. The number of hydrogen-bond donors (Lipinski definition) is 1. The number of fused-ring (bicyclic) bond motifs is 3. The van der Waals surface area contributed by atoms with Crippen LogP contribution in [0.3, 0.4) is 0 Å². The highest BCUT2D eigenvalue weighted by molar-refractivity contribution is 5.80. The maximum atomic E-state index is 4.09. The second-order valence-electron chi connectivity index (χ2n) is 4.95. The fraction of sp³-hybridized carbons (Fsp3) is 0.118. The SMILES string of the molecule is c1ccc2c(c1)CCc1c(-c3ccncc3)c[nH]c1-2. The van der Waals surface area contributed by atoms with Crippen molar-refractivity contribution in [2.45, 2.75) is 12.8 Å². The smallest absolute Gasteiger partial charge is 0.0495 e. The number of hydrogen-bond acceptors (Lipinski definition) is 1. The minimum atomic E-state index is 1.10. The molecule has 1 aromatic carbocycles. The minimum absolute atomic E-state index is 1.10. The monoisotopic (exact) mass is 246 g/mol. The predicted octanol–water partition coefficient (Wildman–Crippen LogP) is 3.84. The van der Waals surface area contributed by atoms with E-state index in [1.807, 2.05) is 12.4 Å². The summed E-state index contributed by atoms with van der Waals surface area (Å²) in [5, 5.41) is 0. The number of aryl methyl sites for hydroxylation is 1. The van der Waals surface area contributed by atoms with Gasteiger partial charge < -0.3 is 4.98 Å². The molecule has 0 fully saturated rings. The van der Waals surface area contributed by atoms with Gasteiger partial charge in [-0.25, -0.2) is 0 Å². The molecular weight excluding hydrogens is 232 g/mol. The van der Waals surface area contributed by atoms with Crippen molar-refractivity contribution >= 4 is 0 Å². The van der Waals surface area contributed by atoms with Gasteiger partial charge in [0.2, 0.25) is 0 Å². The van der Waals surface area contributed by atoms with Crippen LogP contribution in [0.2, 0.25) is 0 Å². The first-order chi connectivity index (χ1) is 9.43. The molecule has 2 heterocycles. The highest BCUT2D eigenvalue weighted by atomic mass is 14.7. The lowest BCUT2D eigenvalue weighted by Gasteiger charge is -2.17. The zero-order valence-electron chi connectivity index (χ0n) is 10.6. The molecule has 3 aromatic rings. The minimum Gasteiger partial charge on any atom is -0.360 e. The third kappa shape index (κ3) is 1.60. The molecule has 1 N–H and O–H groups in total. The number of pyridine rings is 1. The van der Waals surface area contributed by atoms with Gasteiger partial charge in [-0.15, -0.1) is 0 Å². The molecule has 0 aliphatic heterocycles. The third-order valence-electron chi connectivity index (χ3n) is 3.91. The van der Waals surface area contributed by atoms with E-state index in [4.69, 9.17) is 0 Å². The van der Waals surface area contributed by atoms with Gasteiger partial charge in [-0.05, 0) is 41.7 Å². The maximum Gasteiger partial charge on any atom is 0.0495 e. The Balaban J connectivity index is 1.91. The Kier molecular flexibility index (Phi) is 2.27. The Bertz CT molecular complexity index is 713. The largest absolute Gasteiger partial charge is 0.360 e. The zero-order valence-corrected chi connectivity index (χ0v) is 10.6. The third-order valence-corrected chi connectivity index (χ3v) is 3.91. The summed E-state index contributed by atoms with van der Waals surface area (Å²) in [5.74, 6) is 0. The normalized spacial score (nSPS) is 12.8. The van der Waals surface area contributed by atoms with Crippen molar-refractivity contribution in [2.75, 3.05) is 0 Å². The van der Waals surface area contributed by atoms with Crippen LogP contribution in [0.25, 0.3) is 22.4 Å². The second-order valence-corrected chi connectivity index (χ2v) is 4.95. The number of nitrogens with one attached hydrogen (secondary N) is 1. The average molecular weight is 246 g/mol. The molecule has 2 aromatic heterocycles. The predicted molar refractivity (Wildman–Crippen MR) is 76.9 cm³/mol. The highest BCUT2D eigenvalue weighted by Crippen LogP contribution is 2.38. The highest BCUT2D eigenvalue weighted by Gasteiger charge is 2.20. The Morgan fingerprint density at radius 3 is 2.63 bits per heavy atom. The van der Waals surface area contributed by atoms with Crippen LogP contribution in [0.15, 0.2) is 55.0 Å². The van der Waals surface area contributed by atoms with Gasteiger partial charge in [-0.1, -0.05) is 24.3 Å². The van der Waals surface area contributed by atoms with E-state index in [2.05, 4.69) is 52.6 Å². The molecule has 1 aliphatic carbocycles. The van der Waals surface area contributed by atoms with Crippen molar-refractivity contribution in [3.8, 4) is 22.4 Å². The summed E-state index contributed by atoms with van der Waals surface area (Å²) >= 11 is 0. The summed E-state index contributed by atoms with van der Waals surface area (Å²) in [5.41, 5.74) is 8.07. The van der Waals surface area contributed by atoms with E-state index in [9.17, 15) is 0 Å². The molecule has 92 valence electrons. The van der Waals surface area contributed by atoms with Gasteiger partial charge in [-0.3, -0.25) is 4.98 Å². The number of aromatic amines is 1. The van der Waals surface area contributed by atoms with Crippen LogP contribution in [0.5, 0.6) is 0 Å². The van der Waals surface area contributed by atoms with Gasteiger partial charge in [0.25, 0.3) is 0 Å². The first-order valence-corrected chi connectivity index (χ1v) is 6.62. The summed E-state index contributed by atoms with van der Waals surface area (Å²) in [6.45, 7) is 0. The fourth-order valence-corrected chi connectivity index (χ4v) is 2.98. The number of rotatable bonds is 1. The van der Waals surface area contributed by atoms with Crippen LogP contribution >= 0.6 is 0 Å². The molecule has 0 saturated carbocycles. The molecule has 0 radical (unpaired) electrons. The lowest BCUT2D eigenvalue weighted by molar-refractivity contribution is 0.943. The lowest BCUT2D eigenvalue weighted by Crippen LogP contribution is -2.03. The Labute approximate surface area is 112 Å². The van der Waals surface area contributed by atoms with Crippen molar-refractivity contribution in [2.24, 2.45) is 0 Å². The van der Waals surface area contributed by atoms with E-state index in [1.54, 1.807) is 0 Å². The van der Waals surface area contributed by atoms with E-state index in [0.29, 0.717) is 0 Å². The van der Waals surface area contributed by atoms with E-state index in [-0.39, 0.29) is 0 Å². The van der Waals surface area contributed by atoms with E-state index >= 15 is 0 Å². The van der Waals surface area contributed by atoms with E-state index in [0.717, 1.165) is 12.8 Å². The van der Waals surface area contributed by atoms with Crippen LogP contribution < -0.4 is 0 Å². The first kappa shape index (κ1) is 10.6. The molecule has 4 rings (SSSR count). The number of nitrogens with zero attached hydrogens (tertiary/aromatic N) is 1. The molecule has 2 nitrogen and oxygen atoms in total. The summed E-state index contributed by atoms with van der Waals surface area (Å²) in [6.07, 6.45) is 8.06. The van der Waals surface area contributed by atoms with Crippen molar-refractivity contribution in [1.29, 1.82) is 0 Å². The Morgan fingerprint density at radius 1 is 0.895 bits per heavy atom. The van der Waals surface area contributed by atoms with Gasteiger partial charge in [0, 0.05) is 35.4 Å². The van der Waals surface area contributed by atoms with Crippen LogP contribution in [-0.4, -0.2) is 9.97 Å². The van der Waals surface area contributed by atoms with Crippen LogP contribution in [-0.2, 0) is 12.8 Å². The molecule has 0 unspecified atom stereocenters. The number of benzene rings is 1. The van der Waals surface area contributed by atoms with Crippen molar-refractivity contribution in [3.05, 3.63) is 66.1 Å². The van der Waals surface area contributed by atoms with Crippen LogP contribution in [0, 0.1) is 0 Å². The fourth-order valence-electron chi connectivity index (χ4n) is 2.98. The second kappa shape index (κ2) is 4.09. The van der Waals surface area contributed by atoms with Crippen molar-refractivity contribution < 1.29 is 0 Å².